The van der Waals surface area contributed by atoms with Gasteiger partial charge in [-0.2, -0.15) is 0 Å². The van der Waals surface area contributed by atoms with E-state index in [9.17, 15) is 14.4 Å². The number of fused-ring (bicyclic) bond motifs is 1. The smallest absolute Gasteiger partial charge is 0.268 e. The number of amides is 3. The third-order valence-electron chi connectivity index (χ3n) is 8.09. The molecule has 0 saturated heterocycles. The number of hydrogen-bond acceptors (Lipinski definition) is 4. The molecule has 4 rings (SSSR count). The van der Waals surface area contributed by atoms with Gasteiger partial charge in [-0.25, -0.2) is 0 Å². The summed E-state index contributed by atoms with van der Waals surface area (Å²) in [7, 11) is 0. The van der Waals surface area contributed by atoms with Crippen LogP contribution >= 0.6 is 33.9 Å². The Bertz CT molecular complexity index is 1310. The van der Waals surface area contributed by atoms with Crippen molar-refractivity contribution in [2.75, 3.05) is 22.4 Å². The van der Waals surface area contributed by atoms with Crippen LogP contribution in [0.5, 0.6) is 0 Å². The zero-order valence-electron chi connectivity index (χ0n) is 24.3. The molecule has 1 fully saturated rings. The second-order valence-electron chi connectivity index (χ2n) is 10.9. The maximum atomic E-state index is 13.6. The number of rotatable bonds is 14. The fourth-order valence-electron chi connectivity index (χ4n) is 5.69. The van der Waals surface area contributed by atoms with Crippen LogP contribution in [0.15, 0.2) is 41.8 Å². The van der Waals surface area contributed by atoms with E-state index in [2.05, 4.69) is 52.3 Å². The Balaban J connectivity index is 1.35. The van der Waals surface area contributed by atoms with Gasteiger partial charge >= 0.3 is 0 Å². The van der Waals surface area contributed by atoms with Gasteiger partial charge in [0.25, 0.3) is 5.91 Å². The van der Waals surface area contributed by atoms with E-state index in [0.717, 1.165) is 67.4 Å². The van der Waals surface area contributed by atoms with E-state index in [0.29, 0.717) is 12.2 Å². The number of halogens is 1. The predicted octanol–water partition coefficient (Wildman–Crippen LogP) is 6.72. The Morgan fingerprint density at radius 1 is 1.02 bits per heavy atom. The van der Waals surface area contributed by atoms with E-state index < -0.39 is 0 Å². The molecule has 1 aromatic carbocycles. The highest BCUT2D eigenvalue weighted by atomic mass is 127. The molecule has 9 heteroatoms. The lowest BCUT2D eigenvalue weighted by Gasteiger charge is -2.28. The van der Waals surface area contributed by atoms with Gasteiger partial charge in [-0.05, 0) is 91.5 Å². The summed E-state index contributed by atoms with van der Waals surface area (Å²) in [5.41, 5.74) is 3.49. The molecule has 7 nitrogen and oxygen atoms in total. The molecule has 0 bridgehead atoms. The molecule has 0 radical (unpaired) electrons. The molecular formula is C32H43IN4O3S. The highest BCUT2D eigenvalue weighted by Gasteiger charge is 2.28. The van der Waals surface area contributed by atoms with Crippen LogP contribution in [0.3, 0.4) is 0 Å². The second kappa shape index (κ2) is 15.7. The minimum Gasteiger partial charge on any atom is -0.356 e. The molecule has 1 aliphatic rings. The highest BCUT2D eigenvalue weighted by molar-refractivity contribution is 14.1. The van der Waals surface area contributed by atoms with Gasteiger partial charge in [-0.1, -0.05) is 54.5 Å². The fraction of sp³-hybridized carbons (Fsp3) is 0.531. The van der Waals surface area contributed by atoms with Gasteiger partial charge < -0.3 is 20.1 Å². The van der Waals surface area contributed by atoms with Crippen molar-refractivity contribution in [1.82, 2.24) is 15.2 Å². The number of carbonyl (C=O) groups excluding carboxylic acids is 3. The molecule has 0 atom stereocenters. The summed E-state index contributed by atoms with van der Waals surface area (Å²) in [5, 5.41) is 8.32. The number of alkyl halides is 1. The van der Waals surface area contributed by atoms with Crippen molar-refractivity contribution >= 4 is 67.6 Å². The van der Waals surface area contributed by atoms with Crippen LogP contribution in [0, 0.1) is 5.92 Å². The fourth-order valence-corrected chi connectivity index (χ4v) is 7.05. The number of thiophene rings is 1. The summed E-state index contributed by atoms with van der Waals surface area (Å²) in [6.07, 6.45) is 8.70. The predicted molar refractivity (Wildman–Crippen MR) is 177 cm³/mol. The van der Waals surface area contributed by atoms with Gasteiger partial charge in [0.05, 0.1) is 10.2 Å². The molecule has 2 aromatic heterocycles. The van der Waals surface area contributed by atoms with Crippen LogP contribution in [0.25, 0.3) is 10.2 Å². The average Bonchev–Trinajstić information content (AvgIpc) is 3.58. The van der Waals surface area contributed by atoms with Crippen LogP contribution < -0.4 is 15.5 Å². The summed E-state index contributed by atoms with van der Waals surface area (Å²) >= 11 is 3.98. The average molecular weight is 691 g/mol. The molecule has 3 aromatic rings. The lowest BCUT2D eigenvalue weighted by molar-refractivity contribution is -0.126. The number of likely N-dealkylation sites (N-methyl/N-ethyl adjacent to an activating group) is 1. The van der Waals surface area contributed by atoms with E-state index in [1.165, 1.54) is 22.8 Å². The molecule has 2 N–H and O–H groups in total. The summed E-state index contributed by atoms with van der Waals surface area (Å²) in [4.78, 5) is 41.5. The number of benzene rings is 1. The van der Waals surface area contributed by atoms with Crippen LogP contribution in [0.1, 0.15) is 81.3 Å². The molecular weight excluding hydrogens is 647 g/mol. The van der Waals surface area contributed by atoms with Crippen molar-refractivity contribution in [1.29, 1.82) is 0 Å². The summed E-state index contributed by atoms with van der Waals surface area (Å²) < 4.78 is 4.04. The number of nitrogens with zero attached hydrogens (tertiary/aromatic N) is 2. The van der Waals surface area contributed by atoms with Gasteiger partial charge in [0, 0.05) is 30.7 Å². The van der Waals surface area contributed by atoms with Crippen LogP contribution in [0.4, 0.5) is 5.69 Å². The van der Waals surface area contributed by atoms with Crippen molar-refractivity contribution in [3.05, 3.63) is 53.0 Å². The number of aryl methyl sites for hydroxylation is 1. The summed E-state index contributed by atoms with van der Waals surface area (Å²) in [6, 6.07) is 12.0. The highest BCUT2D eigenvalue weighted by Crippen LogP contribution is 2.28. The van der Waals surface area contributed by atoms with E-state index in [-0.39, 0.29) is 36.2 Å². The van der Waals surface area contributed by atoms with Gasteiger partial charge in [-0.3, -0.25) is 14.4 Å². The molecule has 3 amide bonds. The lowest BCUT2D eigenvalue weighted by Crippen LogP contribution is -2.42. The van der Waals surface area contributed by atoms with E-state index >= 15 is 0 Å². The van der Waals surface area contributed by atoms with Crippen LogP contribution in [0.2, 0.25) is 0 Å². The number of nitrogens with one attached hydrogen (secondary N) is 2. The lowest BCUT2D eigenvalue weighted by atomic mass is 9.85. The second-order valence-corrected chi connectivity index (χ2v) is 12.9. The number of carbonyl (C=O) groups is 3. The molecule has 0 spiro atoms. The Labute approximate surface area is 261 Å². The molecule has 1 saturated carbocycles. The maximum Gasteiger partial charge on any atom is 0.268 e. The van der Waals surface area contributed by atoms with E-state index in [1.54, 1.807) is 16.2 Å². The van der Waals surface area contributed by atoms with Gasteiger partial charge in [0.15, 0.2) is 0 Å². The third-order valence-corrected chi connectivity index (χ3v) is 9.71. The first-order valence-electron chi connectivity index (χ1n) is 15.1. The zero-order chi connectivity index (χ0) is 29.2. The van der Waals surface area contributed by atoms with Crippen molar-refractivity contribution < 1.29 is 14.4 Å². The molecule has 41 heavy (non-hydrogen) atoms. The number of hydrogen-bond donors (Lipinski definition) is 2. The van der Waals surface area contributed by atoms with Crippen molar-refractivity contribution in [3.63, 3.8) is 0 Å². The number of unbranched alkanes of at least 4 members (excludes halogenated alkanes) is 3. The van der Waals surface area contributed by atoms with Crippen molar-refractivity contribution in [2.45, 2.75) is 84.2 Å². The Morgan fingerprint density at radius 2 is 1.80 bits per heavy atom. The topological polar surface area (TPSA) is 83.4 Å². The van der Waals surface area contributed by atoms with Gasteiger partial charge in [-0.15, -0.1) is 11.3 Å². The quantitative estimate of drug-likeness (QED) is 0.112. The summed E-state index contributed by atoms with van der Waals surface area (Å²) in [6.45, 7) is 5.48. The zero-order valence-corrected chi connectivity index (χ0v) is 27.3. The first-order valence-corrected chi connectivity index (χ1v) is 17.5. The Morgan fingerprint density at radius 3 is 2.54 bits per heavy atom. The van der Waals surface area contributed by atoms with E-state index in [4.69, 9.17) is 0 Å². The van der Waals surface area contributed by atoms with Crippen molar-refractivity contribution in [3.8, 4) is 0 Å². The minimum absolute atomic E-state index is 0.0237. The summed E-state index contributed by atoms with van der Waals surface area (Å²) in [5.74, 6) is -0.0246. The van der Waals surface area contributed by atoms with Crippen LogP contribution in [-0.2, 0) is 22.6 Å². The van der Waals surface area contributed by atoms with Crippen LogP contribution in [-0.4, -0.2) is 45.8 Å². The molecule has 0 aliphatic heterocycles. The maximum absolute atomic E-state index is 13.6. The minimum atomic E-state index is -0.156. The van der Waals surface area contributed by atoms with Crippen molar-refractivity contribution in [2.24, 2.45) is 5.92 Å². The molecule has 0 unspecified atom stereocenters. The number of aromatic nitrogens is 1. The first-order chi connectivity index (χ1) is 19.9. The Kier molecular flexibility index (Phi) is 12.1. The standard InChI is InChI=1S/C32H43IN4O3S/c1-3-23-10-9-11-26(20-23)36(4-2)30(38)22-37-27-16-19-41-29(27)21-28(37)32(40)35-25-14-12-24(13-15-25)31(39)34-18-8-6-5-7-17-33/h9-11,16,19-21,24-25H,3-8,12-15,17-18,22H2,1-2H3,(H,34,39)(H,35,40)/t24-,25-. The number of anilines is 1. The normalized spacial score (nSPS) is 17.0. The SMILES string of the molecule is CCc1cccc(N(CC)C(=O)Cn2c(C(=O)N[C@H]3CC[C@H](C(=O)NCCCCCCI)CC3)cc3sccc32)c1. The monoisotopic (exact) mass is 690 g/mol. The molecule has 222 valence electrons. The Hall–Kier alpha value is -2.40. The van der Waals surface area contributed by atoms with Gasteiger partial charge in [0.2, 0.25) is 11.8 Å². The molecule has 2 heterocycles. The van der Waals surface area contributed by atoms with E-state index in [1.807, 2.05) is 41.1 Å². The van der Waals surface area contributed by atoms with Gasteiger partial charge in [0.1, 0.15) is 12.2 Å². The third kappa shape index (κ3) is 8.34. The first kappa shape index (κ1) is 31.5. The molecule has 1 aliphatic carbocycles. The largest absolute Gasteiger partial charge is 0.356 e.